The second-order valence-electron chi connectivity index (χ2n) is 5.23. The van der Waals surface area contributed by atoms with E-state index in [1.807, 2.05) is 41.8 Å². The van der Waals surface area contributed by atoms with Gasteiger partial charge in [-0.1, -0.05) is 41.6 Å². The van der Waals surface area contributed by atoms with Crippen molar-refractivity contribution in [2.24, 2.45) is 0 Å². The van der Waals surface area contributed by atoms with Crippen molar-refractivity contribution < 1.29 is 14.3 Å². The number of benzene rings is 2. The Balaban J connectivity index is 1.65. The van der Waals surface area contributed by atoms with Crippen LogP contribution >= 0.6 is 11.8 Å². The molecule has 0 aliphatic carbocycles. The number of hydrogen-bond donors (Lipinski definition) is 0. The molecule has 0 spiro atoms. The normalized spacial score (nSPS) is 10.5. The highest BCUT2D eigenvalue weighted by molar-refractivity contribution is 7.99. The molecule has 0 saturated carbocycles. The van der Waals surface area contributed by atoms with Crippen LogP contribution < -0.4 is 9.47 Å². The molecule has 0 saturated heterocycles. The number of ether oxygens (including phenoxy) is 2. The molecule has 3 rings (SSSR count). The molecule has 0 atom stereocenters. The standard InChI is InChI=1S/C18H17N3O3S/c1-13-7-9-14(10-8-13)21-12-19-20-18(21)25-11-17(22)24-16-6-4-3-5-15(16)23-2/h3-10,12H,11H2,1-2H3. The molecule has 1 aromatic heterocycles. The molecule has 0 amide bonds. The van der Waals surface area contributed by atoms with Gasteiger partial charge in [-0.2, -0.15) is 0 Å². The fourth-order valence-electron chi connectivity index (χ4n) is 2.18. The number of nitrogens with zero attached hydrogens (tertiary/aromatic N) is 3. The lowest BCUT2D eigenvalue weighted by atomic mass is 10.2. The smallest absolute Gasteiger partial charge is 0.321 e. The van der Waals surface area contributed by atoms with Gasteiger partial charge >= 0.3 is 5.97 Å². The van der Waals surface area contributed by atoms with Crippen LogP contribution in [0.2, 0.25) is 0 Å². The molecule has 7 heteroatoms. The number of rotatable bonds is 6. The van der Waals surface area contributed by atoms with Crippen LogP contribution in [0.15, 0.2) is 60.0 Å². The highest BCUT2D eigenvalue weighted by Crippen LogP contribution is 2.27. The number of aryl methyl sites for hydroxylation is 1. The van der Waals surface area contributed by atoms with Gasteiger partial charge in [0.2, 0.25) is 0 Å². The minimum atomic E-state index is -0.382. The second-order valence-corrected chi connectivity index (χ2v) is 6.18. The minimum Gasteiger partial charge on any atom is -0.493 e. The van der Waals surface area contributed by atoms with Gasteiger partial charge in [0.1, 0.15) is 6.33 Å². The van der Waals surface area contributed by atoms with Crippen LogP contribution in [-0.4, -0.2) is 33.6 Å². The minimum absolute atomic E-state index is 0.114. The molecule has 0 bridgehead atoms. The summed E-state index contributed by atoms with van der Waals surface area (Å²) in [5.74, 6) is 0.648. The van der Waals surface area contributed by atoms with Gasteiger partial charge in [-0.3, -0.25) is 9.36 Å². The Hall–Kier alpha value is -2.80. The summed E-state index contributed by atoms with van der Waals surface area (Å²) in [6.07, 6.45) is 1.62. The third-order valence-electron chi connectivity index (χ3n) is 3.44. The van der Waals surface area contributed by atoms with Gasteiger partial charge in [-0.25, -0.2) is 0 Å². The highest BCUT2D eigenvalue weighted by Gasteiger charge is 2.13. The van der Waals surface area contributed by atoms with Crippen molar-refractivity contribution in [2.75, 3.05) is 12.9 Å². The summed E-state index contributed by atoms with van der Waals surface area (Å²) in [7, 11) is 1.53. The number of esters is 1. The van der Waals surface area contributed by atoms with E-state index in [0.717, 1.165) is 5.69 Å². The number of thioether (sulfide) groups is 1. The summed E-state index contributed by atoms with van der Waals surface area (Å²) in [6, 6.07) is 15.0. The van der Waals surface area contributed by atoms with Crippen LogP contribution in [-0.2, 0) is 4.79 Å². The van der Waals surface area contributed by atoms with Crippen LogP contribution in [0.1, 0.15) is 5.56 Å². The Morgan fingerprint density at radius 1 is 1.12 bits per heavy atom. The first-order chi connectivity index (χ1) is 12.2. The SMILES string of the molecule is COc1ccccc1OC(=O)CSc1nncn1-c1ccc(C)cc1. The fraction of sp³-hybridized carbons (Fsp3) is 0.167. The van der Waals surface area contributed by atoms with E-state index < -0.39 is 0 Å². The van der Waals surface area contributed by atoms with E-state index in [1.54, 1.807) is 24.5 Å². The second kappa shape index (κ2) is 7.85. The fourth-order valence-corrected chi connectivity index (χ4v) is 2.89. The third kappa shape index (κ3) is 4.19. The molecule has 25 heavy (non-hydrogen) atoms. The first-order valence-electron chi connectivity index (χ1n) is 7.61. The third-order valence-corrected chi connectivity index (χ3v) is 4.36. The molecule has 0 fully saturated rings. The summed E-state index contributed by atoms with van der Waals surface area (Å²) in [6.45, 7) is 2.03. The Labute approximate surface area is 149 Å². The van der Waals surface area contributed by atoms with Crippen LogP contribution in [0.4, 0.5) is 0 Å². The van der Waals surface area contributed by atoms with Crippen LogP contribution in [0.5, 0.6) is 11.5 Å². The van der Waals surface area contributed by atoms with Crippen LogP contribution in [0, 0.1) is 6.92 Å². The van der Waals surface area contributed by atoms with Gasteiger partial charge in [0.05, 0.1) is 12.9 Å². The van der Waals surface area contributed by atoms with Crippen molar-refractivity contribution in [1.82, 2.24) is 14.8 Å². The largest absolute Gasteiger partial charge is 0.493 e. The Morgan fingerprint density at radius 2 is 1.84 bits per heavy atom. The zero-order valence-corrected chi connectivity index (χ0v) is 14.7. The van der Waals surface area contributed by atoms with Crippen molar-refractivity contribution in [3.63, 3.8) is 0 Å². The van der Waals surface area contributed by atoms with Crippen molar-refractivity contribution >= 4 is 17.7 Å². The molecule has 0 aliphatic heterocycles. The van der Waals surface area contributed by atoms with E-state index in [-0.39, 0.29) is 11.7 Å². The average Bonchev–Trinajstić information content (AvgIpc) is 3.09. The lowest BCUT2D eigenvalue weighted by Crippen LogP contribution is -2.12. The molecule has 2 aromatic carbocycles. The topological polar surface area (TPSA) is 66.2 Å². The van der Waals surface area contributed by atoms with E-state index in [1.165, 1.54) is 24.4 Å². The van der Waals surface area contributed by atoms with E-state index >= 15 is 0 Å². The number of carbonyl (C=O) groups is 1. The summed E-state index contributed by atoms with van der Waals surface area (Å²) in [5.41, 5.74) is 2.11. The van der Waals surface area contributed by atoms with Crippen molar-refractivity contribution in [3.8, 4) is 17.2 Å². The van der Waals surface area contributed by atoms with Gasteiger partial charge in [-0.15, -0.1) is 10.2 Å². The molecule has 128 valence electrons. The maximum absolute atomic E-state index is 12.1. The summed E-state index contributed by atoms with van der Waals surface area (Å²) >= 11 is 1.27. The van der Waals surface area contributed by atoms with E-state index in [0.29, 0.717) is 16.7 Å². The van der Waals surface area contributed by atoms with Crippen molar-refractivity contribution in [2.45, 2.75) is 12.1 Å². The predicted octanol–water partition coefficient (Wildman–Crippen LogP) is 3.28. The Morgan fingerprint density at radius 3 is 2.56 bits per heavy atom. The number of methoxy groups -OCH3 is 1. The van der Waals surface area contributed by atoms with Crippen molar-refractivity contribution in [1.29, 1.82) is 0 Å². The summed E-state index contributed by atoms with van der Waals surface area (Å²) in [5, 5.41) is 8.63. The van der Waals surface area contributed by atoms with Gasteiger partial charge in [0.25, 0.3) is 0 Å². The number of hydrogen-bond acceptors (Lipinski definition) is 6. The summed E-state index contributed by atoms with van der Waals surface area (Å²) < 4.78 is 12.4. The molecule has 1 heterocycles. The lowest BCUT2D eigenvalue weighted by Gasteiger charge is -2.09. The first kappa shape index (κ1) is 17.0. The number of aromatic nitrogens is 3. The zero-order valence-electron chi connectivity index (χ0n) is 13.9. The molecule has 3 aromatic rings. The summed E-state index contributed by atoms with van der Waals surface area (Å²) in [4.78, 5) is 12.1. The monoisotopic (exact) mass is 355 g/mol. The van der Waals surface area contributed by atoms with Crippen LogP contribution in [0.3, 0.4) is 0 Å². The highest BCUT2D eigenvalue weighted by atomic mass is 32.2. The predicted molar refractivity (Wildman–Crippen MR) is 95.4 cm³/mol. The molecular weight excluding hydrogens is 338 g/mol. The maximum atomic E-state index is 12.1. The Bertz CT molecular complexity index is 862. The van der Waals surface area contributed by atoms with Gasteiger partial charge in [0.15, 0.2) is 16.7 Å². The molecule has 0 radical (unpaired) electrons. The van der Waals surface area contributed by atoms with E-state index in [9.17, 15) is 4.79 Å². The number of para-hydroxylation sites is 2. The quantitative estimate of drug-likeness (QED) is 0.384. The molecule has 6 nitrogen and oxygen atoms in total. The molecular formula is C18H17N3O3S. The van der Waals surface area contributed by atoms with E-state index in [2.05, 4.69) is 10.2 Å². The van der Waals surface area contributed by atoms with Crippen molar-refractivity contribution in [3.05, 3.63) is 60.4 Å². The van der Waals surface area contributed by atoms with Crippen LogP contribution in [0.25, 0.3) is 5.69 Å². The van der Waals surface area contributed by atoms with Gasteiger partial charge in [0, 0.05) is 5.69 Å². The molecule has 0 unspecified atom stereocenters. The van der Waals surface area contributed by atoms with Gasteiger partial charge in [-0.05, 0) is 31.2 Å². The maximum Gasteiger partial charge on any atom is 0.321 e. The molecule has 0 aliphatic rings. The van der Waals surface area contributed by atoms with Gasteiger partial charge < -0.3 is 9.47 Å². The zero-order chi connectivity index (χ0) is 17.6. The van der Waals surface area contributed by atoms with E-state index in [4.69, 9.17) is 9.47 Å². The first-order valence-corrected chi connectivity index (χ1v) is 8.59. The Kier molecular flexibility index (Phi) is 5.35. The average molecular weight is 355 g/mol. The lowest BCUT2D eigenvalue weighted by molar-refractivity contribution is -0.131. The molecule has 0 N–H and O–H groups in total. The number of carbonyl (C=O) groups excluding carboxylic acids is 1.